The summed E-state index contributed by atoms with van der Waals surface area (Å²) in [5.74, 6) is 0.0150. The van der Waals surface area contributed by atoms with Crippen molar-refractivity contribution in [3.05, 3.63) is 22.7 Å². The molecule has 0 spiro atoms. The van der Waals surface area contributed by atoms with Gasteiger partial charge < -0.3 is 10.0 Å². The number of aliphatic hydroxyl groups excluding tert-OH is 1. The summed E-state index contributed by atoms with van der Waals surface area (Å²) >= 11 is 1.40. The van der Waals surface area contributed by atoms with Crippen LogP contribution in [0.4, 0.5) is 0 Å². The van der Waals surface area contributed by atoms with Crippen molar-refractivity contribution in [3.63, 3.8) is 0 Å². The molecule has 124 valence electrons. The van der Waals surface area contributed by atoms with Gasteiger partial charge in [0, 0.05) is 32.7 Å². The van der Waals surface area contributed by atoms with E-state index in [1.54, 1.807) is 0 Å². The summed E-state index contributed by atoms with van der Waals surface area (Å²) in [5.41, 5.74) is 0.717. The summed E-state index contributed by atoms with van der Waals surface area (Å²) in [6, 6.07) is 1.85. The number of aromatic nitrogens is 4. The van der Waals surface area contributed by atoms with Crippen LogP contribution >= 0.6 is 11.3 Å². The normalized spacial score (nSPS) is 17.4. The van der Waals surface area contributed by atoms with Gasteiger partial charge in [-0.05, 0) is 28.3 Å². The number of piperazine rings is 1. The van der Waals surface area contributed by atoms with Crippen molar-refractivity contribution < 1.29 is 9.90 Å². The van der Waals surface area contributed by atoms with Crippen LogP contribution in [0.2, 0.25) is 0 Å². The Morgan fingerprint density at radius 1 is 1.39 bits per heavy atom. The van der Waals surface area contributed by atoms with Gasteiger partial charge in [-0.25, -0.2) is 0 Å². The monoisotopic (exact) mass is 336 g/mol. The van der Waals surface area contributed by atoms with E-state index in [1.165, 1.54) is 22.3 Å². The van der Waals surface area contributed by atoms with Gasteiger partial charge in [-0.3, -0.25) is 9.69 Å². The van der Waals surface area contributed by atoms with E-state index in [-0.39, 0.29) is 12.0 Å². The molecule has 0 radical (unpaired) electrons. The zero-order valence-electron chi connectivity index (χ0n) is 13.0. The van der Waals surface area contributed by atoms with Crippen molar-refractivity contribution in [2.24, 2.45) is 0 Å². The highest BCUT2D eigenvalue weighted by molar-refractivity contribution is 7.12. The molecule has 2 aromatic rings. The second-order valence-corrected chi connectivity index (χ2v) is 6.46. The van der Waals surface area contributed by atoms with Crippen LogP contribution in [0.3, 0.4) is 0 Å². The molecule has 0 aliphatic carbocycles. The van der Waals surface area contributed by atoms with Crippen LogP contribution in [0.5, 0.6) is 0 Å². The number of aliphatic hydroxyl groups is 1. The summed E-state index contributed by atoms with van der Waals surface area (Å²) in [5, 5.41) is 22.7. The van der Waals surface area contributed by atoms with Crippen LogP contribution < -0.4 is 0 Å². The van der Waals surface area contributed by atoms with Gasteiger partial charge in [0.15, 0.2) is 0 Å². The predicted molar refractivity (Wildman–Crippen MR) is 85.7 cm³/mol. The van der Waals surface area contributed by atoms with Crippen LogP contribution in [-0.2, 0) is 0 Å². The topological polar surface area (TPSA) is 87.4 Å². The highest BCUT2D eigenvalue weighted by Gasteiger charge is 2.26. The molecule has 1 aliphatic heterocycles. The molecule has 9 heteroatoms. The lowest BCUT2D eigenvalue weighted by molar-refractivity contribution is 0.0527. The first-order valence-electron chi connectivity index (χ1n) is 7.69. The van der Waals surface area contributed by atoms with Crippen LogP contribution in [0.1, 0.15) is 23.0 Å². The standard InChI is InChI=1S/C14H20N6O2S/c1-2-11(21)9-18-4-6-19(7-5-18)14(22)13-12(3-8-23-13)20-10-15-16-17-20/h3,8,10-11,21H,2,4-7,9H2,1H3. The van der Waals surface area contributed by atoms with Crippen molar-refractivity contribution in [1.29, 1.82) is 0 Å². The lowest BCUT2D eigenvalue weighted by Crippen LogP contribution is -2.50. The fourth-order valence-electron chi connectivity index (χ4n) is 2.62. The Bertz CT molecular complexity index is 635. The number of β-amino-alcohol motifs (C(OH)–C–C–N with tert-alkyl or cyclic N) is 1. The molecule has 1 fully saturated rings. The Labute approximate surface area is 138 Å². The van der Waals surface area contributed by atoms with Gasteiger partial charge in [-0.15, -0.1) is 16.4 Å². The largest absolute Gasteiger partial charge is 0.392 e. The first kappa shape index (κ1) is 16.0. The average Bonchev–Trinajstić information content (AvgIpc) is 3.25. The fourth-order valence-corrected chi connectivity index (χ4v) is 3.46. The van der Waals surface area contributed by atoms with E-state index >= 15 is 0 Å². The van der Waals surface area contributed by atoms with E-state index in [1.807, 2.05) is 23.3 Å². The fraction of sp³-hybridized carbons (Fsp3) is 0.571. The maximum atomic E-state index is 12.7. The molecule has 0 bridgehead atoms. The molecular weight excluding hydrogens is 316 g/mol. The number of hydrogen-bond donors (Lipinski definition) is 1. The minimum atomic E-state index is -0.291. The smallest absolute Gasteiger partial charge is 0.266 e. The highest BCUT2D eigenvalue weighted by Crippen LogP contribution is 2.22. The molecule has 2 aromatic heterocycles. The maximum Gasteiger partial charge on any atom is 0.266 e. The van der Waals surface area contributed by atoms with Gasteiger partial charge in [-0.2, -0.15) is 4.68 Å². The number of nitrogens with zero attached hydrogens (tertiary/aromatic N) is 6. The number of thiophene rings is 1. The highest BCUT2D eigenvalue weighted by atomic mass is 32.1. The predicted octanol–water partition coefficient (Wildman–Crippen LogP) is 0.252. The lowest BCUT2D eigenvalue weighted by atomic mass is 10.2. The number of hydrogen-bond acceptors (Lipinski definition) is 7. The second-order valence-electron chi connectivity index (χ2n) is 5.54. The minimum Gasteiger partial charge on any atom is -0.392 e. The lowest BCUT2D eigenvalue weighted by Gasteiger charge is -2.35. The molecule has 1 unspecified atom stereocenters. The number of rotatable bonds is 5. The third-order valence-electron chi connectivity index (χ3n) is 4.03. The summed E-state index contributed by atoms with van der Waals surface area (Å²) in [4.78, 5) is 17.5. The molecular formula is C14H20N6O2S. The summed E-state index contributed by atoms with van der Waals surface area (Å²) in [6.45, 7) is 5.56. The van der Waals surface area contributed by atoms with Gasteiger partial charge in [0.1, 0.15) is 11.2 Å². The Morgan fingerprint density at radius 3 is 2.83 bits per heavy atom. The average molecular weight is 336 g/mol. The van der Waals surface area contributed by atoms with Gasteiger partial charge in [0.2, 0.25) is 0 Å². The van der Waals surface area contributed by atoms with Crippen molar-refractivity contribution in [1.82, 2.24) is 30.0 Å². The Morgan fingerprint density at radius 2 is 2.17 bits per heavy atom. The Hall–Kier alpha value is -1.84. The first-order valence-corrected chi connectivity index (χ1v) is 8.57. The number of amides is 1. The van der Waals surface area contributed by atoms with Gasteiger partial charge in [-0.1, -0.05) is 6.92 Å². The molecule has 0 saturated carbocycles. The Kier molecular flexibility index (Phi) is 4.99. The molecule has 3 heterocycles. The third-order valence-corrected chi connectivity index (χ3v) is 4.93. The number of carbonyl (C=O) groups is 1. The third kappa shape index (κ3) is 3.57. The van der Waals surface area contributed by atoms with E-state index in [0.717, 1.165) is 19.5 Å². The zero-order chi connectivity index (χ0) is 16.2. The molecule has 1 amide bonds. The van der Waals surface area contributed by atoms with Gasteiger partial charge in [0.05, 0.1) is 11.8 Å². The van der Waals surface area contributed by atoms with E-state index in [2.05, 4.69) is 20.4 Å². The molecule has 23 heavy (non-hydrogen) atoms. The molecule has 1 aliphatic rings. The van der Waals surface area contributed by atoms with Gasteiger partial charge in [0.25, 0.3) is 5.91 Å². The SMILES string of the molecule is CCC(O)CN1CCN(C(=O)c2sccc2-n2cnnn2)CC1. The van der Waals surface area contributed by atoms with Crippen molar-refractivity contribution in [3.8, 4) is 5.69 Å². The Balaban J connectivity index is 1.64. The van der Waals surface area contributed by atoms with Crippen molar-refractivity contribution >= 4 is 17.2 Å². The zero-order valence-corrected chi connectivity index (χ0v) is 13.8. The maximum absolute atomic E-state index is 12.7. The first-order chi connectivity index (χ1) is 11.2. The van der Waals surface area contributed by atoms with Gasteiger partial charge >= 0.3 is 0 Å². The number of carbonyl (C=O) groups excluding carboxylic acids is 1. The van der Waals surface area contributed by atoms with Crippen LogP contribution in [0.25, 0.3) is 5.69 Å². The van der Waals surface area contributed by atoms with E-state index < -0.39 is 0 Å². The van der Waals surface area contributed by atoms with Crippen molar-refractivity contribution in [2.75, 3.05) is 32.7 Å². The quantitative estimate of drug-likeness (QED) is 0.842. The molecule has 8 nitrogen and oxygen atoms in total. The minimum absolute atomic E-state index is 0.0150. The summed E-state index contributed by atoms with van der Waals surface area (Å²) < 4.78 is 1.51. The molecule has 1 N–H and O–H groups in total. The molecule has 1 atom stereocenters. The van der Waals surface area contributed by atoms with Crippen LogP contribution in [-0.4, -0.2) is 79.8 Å². The molecule has 1 saturated heterocycles. The number of tetrazole rings is 1. The summed E-state index contributed by atoms with van der Waals surface area (Å²) in [6.07, 6.45) is 1.95. The van der Waals surface area contributed by atoms with E-state index in [4.69, 9.17) is 0 Å². The van der Waals surface area contributed by atoms with Crippen LogP contribution in [0.15, 0.2) is 17.8 Å². The molecule has 0 aromatic carbocycles. The molecule has 3 rings (SSSR count). The summed E-state index contributed by atoms with van der Waals surface area (Å²) in [7, 11) is 0. The van der Waals surface area contributed by atoms with Crippen LogP contribution in [0, 0.1) is 0 Å². The van der Waals surface area contributed by atoms with E-state index in [9.17, 15) is 9.90 Å². The van der Waals surface area contributed by atoms with E-state index in [0.29, 0.717) is 30.2 Å². The van der Waals surface area contributed by atoms with Crippen molar-refractivity contribution in [2.45, 2.75) is 19.4 Å². The second kappa shape index (κ2) is 7.16.